The number of urea groups is 1. The van der Waals surface area contributed by atoms with E-state index in [1.54, 1.807) is 0 Å². The van der Waals surface area contributed by atoms with Crippen LogP contribution in [-0.2, 0) is 6.42 Å². The minimum Gasteiger partial charge on any atom is -0.351 e. The van der Waals surface area contributed by atoms with E-state index in [1.807, 2.05) is 12.1 Å². The average molecular weight is 317 g/mol. The van der Waals surface area contributed by atoms with Crippen molar-refractivity contribution in [2.45, 2.75) is 70.9 Å². The van der Waals surface area contributed by atoms with E-state index in [9.17, 15) is 4.79 Å². The van der Waals surface area contributed by atoms with Gasteiger partial charge in [-0.3, -0.25) is 4.90 Å². The molecule has 2 rings (SSSR count). The third kappa shape index (κ3) is 5.24. The molecule has 0 saturated carbocycles. The molecule has 0 radical (unpaired) electrons. The minimum absolute atomic E-state index is 0.504. The Balaban J connectivity index is 2.03. The Kier molecular flexibility index (Phi) is 6.90. The summed E-state index contributed by atoms with van der Waals surface area (Å²) in [5.41, 5.74) is 7.28. The molecule has 23 heavy (non-hydrogen) atoms. The maximum absolute atomic E-state index is 11.0. The molecule has 0 bridgehead atoms. The van der Waals surface area contributed by atoms with Crippen LogP contribution in [0.5, 0.6) is 0 Å². The number of carbonyl (C=O) groups is 1. The average Bonchev–Trinajstić information content (AvgIpc) is 2.87. The summed E-state index contributed by atoms with van der Waals surface area (Å²) in [4.78, 5) is 13.7. The molecule has 1 fully saturated rings. The van der Waals surface area contributed by atoms with E-state index in [0.29, 0.717) is 6.04 Å². The van der Waals surface area contributed by atoms with E-state index in [-0.39, 0.29) is 0 Å². The van der Waals surface area contributed by atoms with Gasteiger partial charge in [-0.15, -0.1) is 0 Å². The van der Waals surface area contributed by atoms with Crippen LogP contribution in [-0.4, -0.2) is 29.6 Å². The van der Waals surface area contributed by atoms with Crippen LogP contribution in [0.4, 0.5) is 10.5 Å². The number of amides is 2. The number of unbranched alkanes of at least 4 members (excludes halogenated alkanes) is 1. The Morgan fingerprint density at radius 2 is 2.04 bits per heavy atom. The molecule has 128 valence electrons. The van der Waals surface area contributed by atoms with Gasteiger partial charge in [0.2, 0.25) is 0 Å². The van der Waals surface area contributed by atoms with Crippen molar-refractivity contribution in [2.75, 3.05) is 11.9 Å². The number of primary amides is 1. The van der Waals surface area contributed by atoms with Crippen molar-refractivity contribution < 1.29 is 4.79 Å². The molecule has 0 aliphatic carbocycles. The number of likely N-dealkylation sites (tertiary alicyclic amines) is 1. The van der Waals surface area contributed by atoms with Gasteiger partial charge in [0.1, 0.15) is 0 Å². The van der Waals surface area contributed by atoms with E-state index in [1.165, 1.54) is 50.6 Å². The molecule has 1 aliphatic rings. The summed E-state index contributed by atoms with van der Waals surface area (Å²) in [6.07, 6.45) is 8.75. The van der Waals surface area contributed by atoms with Gasteiger partial charge in [-0.05, 0) is 56.3 Å². The van der Waals surface area contributed by atoms with Crippen LogP contribution in [0.15, 0.2) is 24.3 Å². The van der Waals surface area contributed by atoms with Crippen LogP contribution < -0.4 is 11.1 Å². The normalized spacial score (nSPS) is 21.5. The molecule has 1 aromatic carbocycles. The topological polar surface area (TPSA) is 58.4 Å². The second kappa shape index (κ2) is 8.92. The maximum Gasteiger partial charge on any atom is 0.316 e. The third-order valence-corrected chi connectivity index (χ3v) is 4.83. The number of hydrogen-bond acceptors (Lipinski definition) is 2. The lowest BCUT2D eigenvalue weighted by molar-refractivity contribution is 0.180. The lowest BCUT2D eigenvalue weighted by Gasteiger charge is -2.30. The third-order valence-electron chi connectivity index (χ3n) is 4.83. The predicted molar refractivity (Wildman–Crippen MR) is 96.7 cm³/mol. The molecule has 0 aromatic heterocycles. The number of anilines is 1. The van der Waals surface area contributed by atoms with Crippen molar-refractivity contribution in [3.8, 4) is 0 Å². The Morgan fingerprint density at radius 1 is 1.26 bits per heavy atom. The van der Waals surface area contributed by atoms with Gasteiger partial charge in [-0.25, -0.2) is 4.79 Å². The molecule has 0 unspecified atom stereocenters. The van der Waals surface area contributed by atoms with E-state index in [2.05, 4.69) is 36.2 Å². The lowest BCUT2D eigenvalue weighted by Crippen LogP contribution is -2.38. The fourth-order valence-electron chi connectivity index (χ4n) is 3.77. The number of carbonyl (C=O) groups excluding carboxylic acids is 1. The molecule has 3 N–H and O–H groups in total. The first-order valence-electron chi connectivity index (χ1n) is 9.05. The van der Waals surface area contributed by atoms with Crippen molar-refractivity contribution in [3.63, 3.8) is 0 Å². The summed E-state index contributed by atoms with van der Waals surface area (Å²) in [5, 5.41) is 2.67. The Labute approximate surface area is 140 Å². The smallest absolute Gasteiger partial charge is 0.316 e. The maximum atomic E-state index is 11.0. The monoisotopic (exact) mass is 317 g/mol. The zero-order valence-corrected chi connectivity index (χ0v) is 14.6. The minimum atomic E-state index is -0.504. The van der Waals surface area contributed by atoms with Crippen molar-refractivity contribution in [1.29, 1.82) is 0 Å². The van der Waals surface area contributed by atoms with Crippen LogP contribution in [0.25, 0.3) is 0 Å². The summed E-state index contributed by atoms with van der Waals surface area (Å²) in [6, 6.07) is 8.96. The van der Waals surface area contributed by atoms with E-state index >= 15 is 0 Å². The molecule has 1 aromatic rings. The molecule has 4 heteroatoms. The molecular formula is C19H31N3O. The Hall–Kier alpha value is -1.55. The lowest BCUT2D eigenvalue weighted by atomic mass is 10.0. The van der Waals surface area contributed by atoms with Gasteiger partial charge >= 0.3 is 6.03 Å². The first-order valence-corrected chi connectivity index (χ1v) is 9.05. The van der Waals surface area contributed by atoms with Crippen LogP contribution in [0, 0.1) is 0 Å². The van der Waals surface area contributed by atoms with Gasteiger partial charge in [0.15, 0.2) is 0 Å². The number of nitrogens with zero attached hydrogens (tertiary/aromatic N) is 1. The van der Waals surface area contributed by atoms with Crippen LogP contribution in [0.1, 0.15) is 57.9 Å². The number of nitrogens with two attached hydrogens (primary N) is 1. The number of benzene rings is 1. The van der Waals surface area contributed by atoms with Crippen LogP contribution >= 0.6 is 0 Å². The predicted octanol–water partition coefficient (Wildman–Crippen LogP) is 4.15. The van der Waals surface area contributed by atoms with Crippen LogP contribution in [0.3, 0.4) is 0 Å². The Bertz CT molecular complexity index is 503. The first-order chi connectivity index (χ1) is 11.1. The summed E-state index contributed by atoms with van der Waals surface area (Å²) >= 11 is 0. The standard InChI is InChI=1S/C19H31N3O/c1-3-5-12-22-17(7-4-2)10-11-18(22)14-15-8-6-9-16(13-15)21-19(20)23/h6,8-9,13,17-18H,3-5,7,10-12,14H2,1-2H3,(H3,20,21,23)/t17-,18-/m1/s1. The van der Waals surface area contributed by atoms with Gasteiger partial charge in [0.25, 0.3) is 0 Å². The second-order valence-electron chi connectivity index (χ2n) is 6.66. The highest BCUT2D eigenvalue weighted by molar-refractivity contribution is 5.87. The molecular weight excluding hydrogens is 286 g/mol. The van der Waals surface area contributed by atoms with Crippen molar-refractivity contribution >= 4 is 11.7 Å². The number of hydrogen-bond donors (Lipinski definition) is 2. The molecule has 2 amide bonds. The van der Waals surface area contributed by atoms with Crippen LogP contribution in [0.2, 0.25) is 0 Å². The summed E-state index contributed by atoms with van der Waals surface area (Å²) in [7, 11) is 0. The zero-order chi connectivity index (χ0) is 16.7. The fourth-order valence-corrected chi connectivity index (χ4v) is 3.77. The van der Waals surface area contributed by atoms with Crippen molar-refractivity contribution in [2.24, 2.45) is 5.73 Å². The number of nitrogens with one attached hydrogen (secondary N) is 1. The van der Waals surface area contributed by atoms with Gasteiger partial charge in [0.05, 0.1) is 0 Å². The molecule has 1 aliphatic heterocycles. The van der Waals surface area contributed by atoms with Gasteiger partial charge in [-0.2, -0.15) is 0 Å². The quantitative estimate of drug-likeness (QED) is 0.756. The zero-order valence-electron chi connectivity index (χ0n) is 14.6. The van der Waals surface area contributed by atoms with E-state index < -0.39 is 6.03 Å². The summed E-state index contributed by atoms with van der Waals surface area (Å²) < 4.78 is 0. The molecule has 0 spiro atoms. The van der Waals surface area contributed by atoms with Gasteiger partial charge < -0.3 is 11.1 Å². The first kappa shape index (κ1) is 17.8. The summed E-state index contributed by atoms with van der Waals surface area (Å²) in [5.74, 6) is 0. The highest BCUT2D eigenvalue weighted by atomic mass is 16.2. The highest BCUT2D eigenvalue weighted by Gasteiger charge is 2.31. The molecule has 4 nitrogen and oxygen atoms in total. The van der Waals surface area contributed by atoms with Gasteiger partial charge in [-0.1, -0.05) is 38.8 Å². The fraction of sp³-hybridized carbons (Fsp3) is 0.632. The molecule has 2 atom stereocenters. The SMILES string of the molecule is CCCCN1[C@H](CCC)CC[C@@H]1Cc1cccc(NC(N)=O)c1. The molecule has 1 saturated heterocycles. The summed E-state index contributed by atoms with van der Waals surface area (Å²) in [6.45, 7) is 5.76. The Morgan fingerprint density at radius 3 is 2.74 bits per heavy atom. The second-order valence-corrected chi connectivity index (χ2v) is 6.66. The van der Waals surface area contributed by atoms with E-state index in [0.717, 1.165) is 18.2 Å². The van der Waals surface area contributed by atoms with E-state index in [4.69, 9.17) is 5.73 Å². The molecule has 1 heterocycles. The highest BCUT2D eigenvalue weighted by Crippen LogP contribution is 2.30. The van der Waals surface area contributed by atoms with Gasteiger partial charge in [0, 0.05) is 17.8 Å². The van der Waals surface area contributed by atoms with Crippen molar-refractivity contribution in [1.82, 2.24) is 4.90 Å². The number of rotatable bonds is 8. The van der Waals surface area contributed by atoms with Crippen molar-refractivity contribution in [3.05, 3.63) is 29.8 Å². The largest absolute Gasteiger partial charge is 0.351 e.